The molecule has 100 valence electrons. The van der Waals surface area contributed by atoms with Gasteiger partial charge in [0, 0.05) is 31.9 Å². The van der Waals surface area contributed by atoms with Crippen LogP contribution in [0.4, 0.5) is 11.8 Å². The summed E-state index contributed by atoms with van der Waals surface area (Å²) >= 11 is 0. The minimum atomic E-state index is 0.485. The van der Waals surface area contributed by atoms with Crippen LogP contribution in [-0.4, -0.2) is 30.1 Å². The number of aryl methyl sites for hydroxylation is 1. The monoisotopic (exact) mass is 248 g/mol. The predicted molar refractivity (Wildman–Crippen MR) is 76.2 cm³/mol. The van der Waals surface area contributed by atoms with E-state index in [1.807, 2.05) is 14.0 Å². The third-order valence-electron chi connectivity index (χ3n) is 4.33. The van der Waals surface area contributed by atoms with Crippen molar-refractivity contribution in [1.29, 1.82) is 0 Å². The van der Waals surface area contributed by atoms with Crippen LogP contribution in [-0.2, 0) is 0 Å². The van der Waals surface area contributed by atoms with Gasteiger partial charge in [0.2, 0.25) is 5.95 Å². The maximum Gasteiger partial charge on any atom is 0.224 e. The van der Waals surface area contributed by atoms with Gasteiger partial charge in [-0.1, -0.05) is 13.8 Å². The lowest BCUT2D eigenvalue weighted by Crippen LogP contribution is -2.27. The fraction of sp³-hybridized carbons (Fsp3) is 0.714. The molecule has 1 fully saturated rings. The van der Waals surface area contributed by atoms with Gasteiger partial charge in [-0.25, -0.2) is 4.98 Å². The highest BCUT2D eigenvalue weighted by atomic mass is 15.2. The van der Waals surface area contributed by atoms with Crippen molar-refractivity contribution in [2.45, 2.75) is 40.0 Å². The van der Waals surface area contributed by atoms with Crippen molar-refractivity contribution in [2.75, 3.05) is 30.4 Å². The normalized spacial score (nSPS) is 18.1. The Morgan fingerprint density at radius 1 is 1.33 bits per heavy atom. The van der Waals surface area contributed by atoms with Crippen LogP contribution < -0.4 is 10.2 Å². The Kier molecular flexibility index (Phi) is 3.73. The summed E-state index contributed by atoms with van der Waals surface area (Å²) in [4.78, 5) is 11.3. The average Bonchev–Trinajstić information content (AvgIpc) is 2.83. The first kappa shape index (κ1) is 13.1. The molecule has 4 nitrogen and oxygen atoms in total. The van der Waals surface area contributed by atoms with Crippen molar-refractivity contribution in [3.8, 4) is 0 Å². The van der Waals surface area contributed by atoms with E-state index in [1.54, 1.807) is 0 Å². The number of anilines is 2. The smallest absolute Gasteiger partial charge is 0.224 e. The zero-order valence-electron chi connectivity index (χ0n) is 12.0. The van der Waals surface area contributed by atoms with Crippen LogP contribution in [0, 0.1) is 12.3 Å². The molecule has 0 unspecified atom stereocenters. The highest BCUT2D eigenvalue weighted by Gasteiger charge is 2.35. The van der Waals surface area contributed by atoms with E-state index in [1.165, 1.54) is 19.3 Å². The maximum absolute atomic E-state index is 4.57. The van der Waals surface area contributed by atoms with Crippen molar-refractivity contribution in [3.05, 3.63) is 11.8 Å². The van der Waals surface area contributed by atoms with Gasteiger partial charge in [0.1, 0.15) is 5.82 Å². The van der Waals surface area contributed by atoms with E-state index in [0.717, 1.165) is 30.5 Å². The molecular weight excluding hydrogens is 224 g/mol. The number of aromatic nitrogens is 2. The molecule has 0 aliphatic carbocycles. The van der Waals surface area contributed by atoms with E-state index in [9.17, 15) is 0 Å². The number of rotatable bonds is 4. The van der Waals surface area contributed by atoms with Crippen LogP contribution in [0.2, 0.25) is 0 Å². The van der Waals surface area contributed by atoms with Crippen LogP contribution >= 0.6 is 0 Å². The number of hydrogen-bond donors (Lipinski definition) is 1. The molecule has 2 heterocycles. The van der Waals surface area contributed by atoms with Gasteiger partial charge in [-0.05, 0) is 31.6 Å². The van der Waals surface area contributed by atoms with Crippen LogP contribution in [0.15, 0.2) is 6.07 Å². The summed E-state index contributed by atoms with van der Waals surface area (Å²) < 4.78 is 0. The van der Waals surface area contributed by atoms with Crippen LogP contribution in [0.25, 0.3) is 0 Å². The molecule has 1 aromatic rings. The summed E-state index contributed by atoms with van der Waals surface area (Å²) in [6, 6.07) is 2.09. The van der Waals surface area contributed by atoms with Crippen LogP contribution in [0.5, 0.6) is 0 Å². The second-order valence-corrected chi connectivity index (χ2v) is 5.32. The van der Waals surface area contributed by atoms with Crippen molar-refractivity contribution < 1.29 is 0 Å². The molecule has 1 aliphatic rings. The minimum absolute atomic E-state index is 0.485. The Labute approximate surface area is 110 Å². The Hall–Kier alpha value is -1.32. The van der Waals surface area contributed by atoms with Crippen LogP contribution in [0.3, 0.4) is 0 Å². The quantitative estimate of drug-likeness (QED) is 0.889. The first-order valence-electron chi connectivity index (χ1n) is 6.91. The van der Waals surface area contributed by atoms with E-state index >= 15 is 0 Å². The topological polar surface area (TPSA) is 41.1 Å². The van der Waals surface area contributed by atoms with Gasteiger partial charge in [-0.15, -0.1) is 0 Å². The largest absolute Gasteiger partial charge is 0.357 e. The molecule has 4 heteroatoms. The highest BCUT2D eigenvalue weighted by molar-refractivity contribution is 5.45. The van der Waals surface area contributed by atoms with E-state index < -0.39 is 0 Å². The lowest BCUT2D eigenvalue weighted by molar-refractivity contribution is 0.301. The molecular formula is C14H24N4. The summed E-state index contributed by atoms with van der Waals surface area (Å²) in [5.41, 5.74) is 1.51. The molecule has 0 radical (unpaired) electrons. The molecule has 0 atom stereocenters. The molecule has 0 amide bonds. The van der Waals surface area contributed by atoms with Gasteiger partial charge >= 0.3 is 0 Å². The summed E-state index contributed by atoms with van der Waals surface area (Å²) in [5, 5.41) is 3.03. The fourth-order valence-corrected chi connectivity index (χ4v) is 2.78. The molecule has 1 saturated heterocycles. The minimum Gasteiger partial charge on any atom is -0.357 e. The fourth-order valence-electron chi connectivity index (χ4n) is 2.78. The standard InChI is InChI=1S/C14H24N4/c1-5-14(6-2)7-8-18(10-14)12-9-11(3)16-13(15-4)17-12/h9H,5-8,10H2,1-4H3,(H,15,16,17). The van der Waals surface area contributed by atoms with E-state index in [-0.39, 0.29) is 0 Å². The van der Waals surface area contributed by atoms with Gasteiger partial charge < -0.3 is 10.2 Å². The Balaban J connectivity index is 2.21. The van der Waals surface area contributed by atoms with Crippen LogP contribution in [0.1, 0.15) is 38.8 Å². The van der Waals surface area contributed by atoms with Gasteiger partial charge in [-0.3, -0.25) is 0 Å². The number of nitrogens with zero attached hydrogens (tertiary/aromatic N) is 3. The second-order valence-electron chi connectivity index (χ2n) is 5.32. The summed E-state index contributed by atoms with van der Waals surface area (Å²) in [7, 11) is 1.87. The summed E-state index contributed by atoms with van der Waals surface area (Å²) in [6.45, 7) is 8.87. The first-order chi connectivity index (χ1) is 8.62. The molecule has 18 heavy (non-hydrogen) atoms. The Morgan fingerprint density at radius 2 is 2.06 bits per heavy atom. The molecule has 1 N–H and O–H groups in total. The molecule has 0 spiro atoms. The summed E-state index contributed by atoms with van der Waals surface area (Å²) in [5.74, 6) is 1.78. The molecule has 0 bridgehead atoms. The molecule has 0 aromatic carbocycles. The molecule has 0 saturated carbocycles. The van der Waals surface area contributed by atoms with Gasteiger partial charge in [-0.2, -0.15) is 4.98 Å². The zero-order valence-corrected chi connectivity index (χ0v) is 12.0. The Morgan fingerprint density at radius 3 is 2.61 bits per heavy atom. The maximum atomic E-state index is 4.57. The number of nitrogens with one attached hydrogen (secondary N) is 1. The van der Waals surface area contributed by atoms with Crippen molar-refractivity contribution in [3.63, 3.8) is 0 Å². The SMILES string of the molecule is CCC1(CC)CCN(c2cc(C)nc(NC)n2)C1. The van der Waals surface area contributed by atoms with Gasteiger partial charge in [0.25, 0.3) is 0 Å². The van der Waals surface area contributed by atoms with E-state index in [2.05, 4.69) is 40.1 Å². The third-order valence-corrected chi connectivity index (χ3v) is 4.33. The van der Waals surface area contributed by atoms with Gasteiger partial charge in [0.15, 0.2) is 0 Å². The lowest BCUT2D eigenvalue weighted by atomic mass is 9.82. The highest BCUT2D eigenvalue weighted by Crippen LogP contribution is 2.38. The predicted octanol–water partition coefficient (Wildman–Crippen LogP) is 2.84. The number of hydrogen-bond acceptors (Lipinski definition) is 4. The van der Waals surface area contributed by atoms with Crippen molar-refractivity contribution >= 4 is 11.8 Å². The van der Waals surface area contributed by atoms with E-state index in [0.29, 0.717) is 5.41 Å². The second kappa shape index (κ2) is 5.12. The van der Waals surface area contributed by atoms with Crippen molar-refractivity contribution in [1.82, 2.24) is 9.97 Å². The average molecular weight is 248 g/mol. The molecule has 2 rings (SSSR count). The molecule has 1 aliphatic heterocycles. The lowest BCUT2D eigenvalue weighted by Gasteiger charge is -2.26. The van der Waals surface area contributed by atoms with E-state index in [4.69, 9.17) is 0 Å². The third kappa shape index (κ3) is 2.42. The zero-order chi connectivity index (χ0) is 13.2. The summed E-state index contributed by atoms with van der Waals surface area (Å²) in [6.07, 6.45) is 3.78. The Bertz CT molecular complexity index is 412. The van der Waals surface area contributed by atoms with Crippen molar-refractivity contribution in [2.24, 2.45) is 5.41 Å². The van der Waals surface area contributed by atoms with Gasteiger partial charge in [0.05, 0.1) is 0 Å². The molecule has 1 aromatic heterocycles. The first-order valence-corrected chi connectivity index (χ1v) is 6.91.